The summed E-state index contributed by atoms with van der Waals surface area (Å²) in [6, 6.07) is 13.9. The van der Waals surface area contributed by atoms with Gasteiger partial charge in [-0.3, -0.25) is 4.98 Å². The van der Waals surface area contributed by atoms with E-state index in [2.05, 4.69) is 23.5 Å². The highest BCUT2D eigenvalue weighted by atomic mass is 35.5. The molecule has 0 saturated carbocycles. The van der Waals surface area contributed by atoms with Crippen molar-refractivity contribution in [3.05, 3.63) is 108 Å². The summed E-state index contributed by atoms with van der Waals surface area (Å²) in [5, 5.41) is 4.03. The lowest BCUT2D eigenvalue weighted by molar-refractivity contribution is 0.309. The Hall–Kier alpha value is -4.03. The number of fused-ring (bicyclic) bond motifs is 1. The molecule has 0 saturated heterocycles. The highest BCUT2D eigenvalue weighted by Crippen LogP contribution is 2.31. The number of nitrogens with zero attached hydrogens (tertiary/aromatic N) is 3. The zero-order valence-electron chi connectivity index (χ0n) is 17.8. The van der Waals surface area contributed by atoms with Crippen LogP contribution in [0.1, 0.15) is 5.56 Å². The third-order valence-corrected chi connectivity index (χ3v) is 5.22. The lowest BCUT2D eigenvalue weighted by atomic mass is 10.0. The van der Waals surface area contributed by atoms with Crippen LogP contribution in [0.2, 0.25) is 5.02 Å². The molecule has 4 aromatic rings. The van der Waals surface area contributed by atoms with Crippen molar-refractivity contribution in [1.82, 2.24) is 15.0 Å². The molecule has 2 heterocycles. The molecule has 7 heteroatoms. The standard InChI is InChI=1S/C26H20ClFN4O/c1-4-17(12-16(2)33-3)18-7-10-24-21(13-18)26(30-20-8-9-23(28)22(27)14-20)32-25(31-24)19-6-5-11-29-15-19/h4-15H,1-2H2,3H3,(H,30,31,32)/b17-12+. The maximum absolute atomic E-state index is 13.7. The van der Waals surface area contributed by atoms with Gasteiger partial charge in [0.05, 0.1) is 17.6 Å². The van der Waals surface area contributed by atoms with E-state index in [0.717, 1.165) is 27.6 Å². The molecule has 0 aliphatic rings. The molecule has 164 valence electrons. The Labute approximate surface area is 196 Å². The van der Waals surface area contributed by atoms with E-state index in [1.807, 2.05) is 30.3 Å². The largest absolute Gasteiger partial charge is 0.497 e. The number of rotatable bonds is 7. The average molecular weight is 459 g/mol. The molecule has 2 aromatic carbocycles. The molecule has 0 radical (unpaired) electrons. The minimum absolute atomic E-state index is 0.0153. The number of anilines is 2. The van der Waals surface area contributed by atoms with E-state index >= 15 is 0 Å². The van der Waals surface area contributed by atoms with Crippen molar-refractivity contribution in [2.75, 3.05) is 12.4 Å². The van der Waals surface area contributed by atoms with Gasteiger partial charge in [0, 0.05) is 29.0 Å². The lowest BCUT2D eigenvalue weighted by Crippen LogP contribution is -2.00. The SMILES string of the molecule is C=C/C(=C\C(=C)OC)c1ccc2nc(-c3cccnc3)nc(Nc3ccc(F)c(Cl)c3)c2c1. The first-order valence-corrected chi connectivity index (χ1v) is 10.4. The molecule has 0 bridgehead atoms. The summed E-state index contributed by atoms with van der Waals surface area (Å²) in [5.41, 5.74) is 3.80. The predicted octanol–water partition coefficient (Wildman–Crippen LogP) is 6.96. The molecule has 4 rings (SSSR count). The number of benzene rings is 2. The van der Waals surface area contributed by atoms with E-state index < -0.39 is 5.82 Å². The van der Waals surface area contributed by atoms with Crippen LogP contribution >= 0.6 is 11.6 Å². The van der Waals surface area contributed by atoms with Gasteiger partial charge in [-0.05, 0) is 59.7 Å². The molecule has 5 nitrogen and oxygen atoms in total. The average Bonchev–Trinajstić information content (AvgIpc) is 2.84. The third kappa shape index (κ3) is 4.91. The van der Waals surface area contributed by atoms with Gasteiger partial charge in [-0.25, -0.2) is 14.4 Å². The normalized spacial score (nSPS) is 11.3. The fourth-order valence-electron chi connectivity index (χ4n) is 3.23. The fraction of sp³-hybridized carbons (Fsp3) is 0.0385. The van der Waals surface area contributed by atoms with Crippen molar-refractivity contribution in [2.24, 2.45) is 0 Å². The number of hydrogen-bond donors (Lipinski definition) is 1. The first-order chi connectivity index (χ1) is 16.0. The second-order valence-corrected chi connectivity index (χ2v) is 7.50. The lowest BCUT2D eigenvalue weighted by Gasteiger charge is -2.13. The molecule has 2 aromatic heterocycles. The summed E-state index contributed by atoms with van der Waals surface area (Å²) < 4.78 is 18.8. The van der Waals surface area contributed by atoms with Gasteiger partial charge in [0.15, 0.2) is 5.82 Å². The maximum atomic E-state index is 13.7. The quantitative estimate of drug-likeness (QED) is 0.239. The second-order valence-electron chi connectivity index (χ2n) is 7.10. The Bertz CT molecular complexity index is 1390. The van der Waals surface area contributed by atoms with Crippen LogP contribution in [0.4, 0.5) is 15.9 Å². The molecule has 0 aliphatic heterocycles. The van der Waals surface area contributed by atoms with Gasteiger partial charge >= 0.3 is 0 Å². The Morgan fingerprint density at radius 2 is 2.00 bits per heavy atom. The minimum atomic E-state index is -0.493. The van der Waals surface area contributed by atoms with Gasteiger partial charge in [-0.2, -0.15) is 0 Å². The monoisotopic (exact) mass is 458 g/mol. The summed E-state index contributed by atoms with van der Waals surface area (Å²) in [6.45, 7) is 7.75. The van der Waals surface area contributed by atoms with Crippen LogP contribution in [0.5, 0.6) is 0 Å². The zero-order chi connectivity index (χ0) is 23.4. The number of pyridine rings is 1. The summed E-state index contributed by atoms with van der Waals surface area (Å²) >= 11 is 5.98. The van der Waals surface area contributed by atoms with Crippen molar-refractivity contribution < 1.29 is 9.13 Å². The molecule has 0 amide bonds. The summed E-state index contributed by atoms with van der Waals surface area (Å²) in [5.74, 6) is 1.06. The second kappa shape index (κ2) is 9.63. The van der Waals surface area contributed by atoms with Crippen LogP contribution in [-0.2, 0) is 4.74 Å². The first-order valence-electron chi connectivity index (χ1n) is 10.00. The number of aromatic nitrogens is 3. The van der Waals surface area contributed by atoms with Crippen molar-refractivity contribution >= 4 is 39.6 Å². The number of nitrogens with one attached hydrogen (secondary N) is 1. The van der Waals surface area contributed by atoms with Gasteiger partial charge in [0.1, 0.15) is 17.4 Å². The minimum Gasteiger partial charge on any atom is -0.497 e. The van der Waals surface area contributed by atoms with Gasteiger partial charge < -0.3 is 10.1 Å². The zero-order valence-corrected chi connectivity index (χ0v) is 18.6. The Morgan fingerprint density at radius 1 is 1.15 bits per heavy atom. The summed E-state index contributed by atoms with van der Waals surface area (Å²) in [7, 11) is 1.56. The van der Waals surface area contributed by atoms with Crippen molar-refractivity contribution in [3.8, 4) is 11.4 Å². The molecule has 33 heavy (non-hydrogen) atoms. The molecular formula is C26H20ClFN4O. The van der Waals surface area contributed by atoms with Crippen LogP contribution in [0.3, 0.4) is 0 Å². The van der Waals surface area contributed by atoms with E-state index in [-0.39, 0.29) is 5.02 Å². The van der Waals surface area contributed by atoms with E-state index in [4.69, 9.17) is 26.3 Å². The van der Waals surface area contributed by atoms with Crippen LogP contribution in [0.15, 0.2) is 92.0 Å². The van der Waals surface area contributed by atoms with Crippen LogP contribution in [-0.4, -0.2) is 22.1 Å². The molecule has 1 N–H and O–H groups in total. The molecule has 0 atom stereocenters. The Kier molecular flexibility index (Phi) is 6.47. The van der Waals surface area contributed by atoms with Crippen LogP contribution < -0.4 is 5.32 Å². The van der Waals surface area contributed by atoms with E-state index in [0.29, 0.717) is 23.1 Å². The Balaban J connectivity index is 1.89. The van der Waals surface area contributed by atoms with Gasteiger partial charge in [-0.15, -0.1) is 0 Å². The highest BCUT2D eigenvalue weighted by Gasteiger charge is 2.13. The van der Waals surface area contributed by atoms with E-state index in [9.17, 15) is 4.39 Å². The predicted molar refractivity (Wildman–Crippen MR) is 132 cm³/mol. The van der Waals surface area contributed by atoms with Gasteiger partial charge in [0.25, 0.3) is 0 Å². The highest BCUT2D eigenvalue weighted by molar-refractivity contribution is 6.31. The Morgan fingerprint density at radius 3 is 2.70 bits per heavy atom. The first kappa shape index (κ1) is 22.2. The fourth-order valence-corrected chi connectivity index (χ4v) is 3.41. The van der Waals surface area contributed by atoms with Crippen molar-refractivity contribution in [3.63, 3.8) is 0 Å². The summed E-state index contributed by atoms with van der Waals surface area (Å²) in [6.07, 6.45) is 6.91. The summed E-state index contributed by atoms with van der Waals surface area (Å²) in [4.78, 5) is 13.6. The molecule has 0 unspecified atom stereocenters. The van der Waals surface area contributed by atoms with Gasteiger partial charge in [-0.1, -0.05) is 36.9 Å². The van der Waals surface area contributed by atoms with Gasteiger partial charge in [0.2, 0.25) is 0 Å². The maximum Gasteiger partial charge on any atom is 0.163 e. The molecular weight excluding hydrogens is 439 g/mol. The number of ether oxygens (including phenoxy) is 1. The number of allylic oxidation sites excluding steroid dienone is 3. The number of methoxy groups -OCH3 is 1. The van der Waals surface area contributed by atoms with E-state index in [1.54, 1.807) is 37.7 Å². The van der Waals surface area contributed by atoms with E-state index in [1.165, 1.54) is 12.1 Å². The number of halogens is 2. The van der Waals surface area contributed by atoms with Crippen molar-refractivity contribution in [1.29, 1.82) is 0 Å². The van der Waals surface area contributed by atoms with Crippen molar-refractivity contribution in [2.45, 2.75) is 0 Å². The molecule has 0 spiro atoms. The van der Waals surface area contributed by atoms with Crippen LogP contribution in [0.25, 0.3) is 27.9 Å². The third-order valence-electron chi connectivity index (χ3n) is 4.93. The molecule has 0 fully saturated rings. The topological polar surface area (TPSA) is 59.9 Å². The number of hydrogen-bond acceptors (Lipinski definition) is 5. The molecule has 0 aliphatic carbocycles. The van der Waals surface area contributed by atoms with Crippen LogP contribution in [0, 0.1) is 5.82 Å². The smallest absolute Gasteiger partial charge is 0.163 e.